The molecule has 0 radical (unpaired) electrons. The van der Waals surface area contributed by atoms with Crippen LogP contribution in [-0.2, 0) is 16.7 Å². The van der Waals surface area contributed by atoms with Gasteiger partial charge in [-0.15, -0.1) is 0 Å². The fourth-order valence-electron chi connectivity index (χ4n) is 3.17. The van der Waals surface area contributed by atoms with E-state index in [2.05, 4.69) is 43.4 Å². The molecular weight excluding hydrogens is 198 g/mol. The van der Waals surface area contributed by atoms with Crippen molar-refractivity contribution in [3.63, 3.8) is 0 Å². The van der Waals surface area contributed by atoms with Crippen molar-refractivity contribution in [3.05, 3.63) is 35.4 Å². The molecule has 0 aromatic heterocycles. The fraction of sp³-hybridized carbons (Fsp3) is 0.571. The molecule has 0 saturated carbocycles. The van der Waals surface area contributed by atoms with Gasteiger partial charge in [-0.25, -0.2) is 0 Å². The molecule has 1 aliphatic carbocycles. The first kappa shape index (κ1) is 10.3. The van der Waals surface area contributed by atoms with Gasteiger partial charge in [-0.2, -0.15) is 0 Å². The minimum absolute atomic E-state index is 0.0678. The van der Waals surface area contributed by atoms with Crippen molar-refractivity contribution < 1.29 is 4.74 Å². The summed E-state index contributed by atoms with van der Waals surface area (Å²) in [6.07, 6.45) is 2.33. The van der Waals surface area contributed by atoms with Gasteiger partial charge in [-0.05, 0) is 37.8 Å². The monoisotopic (exact) mass is 217 g/mol. The maximum atomic E-state index is 5.82. The quantitative estimate of drug-likeness (QED) is 0.719. The normalized spacial score (nSPS) is 31.6. The van der Waals surface area contributed by atoms with Gasteiger partial charge in [-0.3, -0.25) is 5.32 Å². The number of nitrogens with one attached hydrogen (secondary N) is 1. The molecule has 1 spiro atoms. The molecule has 1 N–H and O–H groups in total. The van der Waals surface area contributed by atoms with Gasteiger partial charge in [0.1, 0.15) is 0 Å². The van der Waals surface area contributed by atoms with Crippen LogP contribution in [0, 0.1) is 0 Å². The Kier molecular flexibility index (Phi) is 2.13. The van der Waals surface area contributed by atoms with Gasteiger partial charge < -0.3 is 4.74 Å². The molecule has 2 heteroatoms. The molecule has 86 valence electrons. The highest BCUT2D eigenvalue weighted by atomic mass is 16.5. The highest BCUT2D eigenvalue weighted by molar-refractivity contribution is 5.39. The molecule has 1 saturated heterocycles. The third kappa shape index (κ3) is 1.48. The second kappa shape index (κ2) is 3.31. The summed E-state index contributed by atoms with van der Waals surface area (Å²) in [7, 11) is 0. The van der Waals surface area contributed by atoms with Crippen molar-refractivity contribution in [2.24, 2.45) is 0 Å². The average molecular weight is 217 g/mol. The Morgan fingerprint density at radius 3 is 2.81 bits per heavy atom. The van der Waals surface area contributed by atoms with Crippen LogP contribution in [0.15, 0.2) is 24.3 Å². The summed E-state index contributed by atoms with van der Waals surface area (Å²) in [6.45, 7) is 6.05. The summed E-state index contributed by atoms with van der Waals surface area (Å²) in [4.78, 5) is 0. The van der Waals surface area contributed by atoms with Crippen LogP contribution < -0.4 is 5.32 Å². The van der Waals surface area contributed by atoms with Crippen molar-refractivity contribution in [1.29, 1.82) is 0 Å². The Morgan fingerprint density at radius 2 is 2.00 bits per heavy atom. The first-order valence-corrected chi connectivity index (χ1v) is 6.07. The average Bonchev–Trinajstić information content (AvgIpc) is 2.57. The number of ether oxygens (including phenoxy) is 1. The number of aryl methyl sites for hydroxylation is 1. The first-order chi connectivity index (χ1) is 7.61. The Balaban J connectivity index is 2.01. The molecule has 2 nitrogen and oxygen atoms in total. The van der Waals surface area contributed by atoms with Crippen molar-refractivity contribution in [2.75, 3.05) is 13.2 Å². The van der Waals surface area contributed by atoms with E-state index in [1.165, 1.54) is 17.5 Å². The van der Waals surface area contributed by atoms with Gasteiger partial charge in [0, 0.05) is 5.54 Å². The zero-order valence-electron chi connectivity index (χ0n) is 10.0. The zero-order valence-corrected chi connectivity index (χ0v) is 10.0. The van der Waals surface area contributed by atoms with E-state index in [0.29, 0.717) is 0 Å². The summed E-state index contributed by atoms with van der Waals surface area (Å²) < 4.78 is 5.82. The minimum atomic E-state index is 0.0678. The molecular formula is C14H19NO. The zero-order chi connectivity index (χ0) is 11.2. The number of hydrogen-bond donors (Lipinski definition) is 1. The van der Waals surface area contributed by atoms with Crippen LogP contribution >= 0.6 is 0 Å². The molecule has 1 atom stereocenters. The van der Waals surface area contributed by atoms with Crippen molar-refractivity contribution in [3.8, 4) is 0 Å². The maximum Gasteiger partial charge on any atom is 0.0691 e. The van der Waals surface area contributed by atoms with E-state index in [9.17, 15) is 0 Å². The van der Waals surface area contributed by atoms with Crippen molar-refractivity contribution >= 4 is 0 Å². The largest absolute Gasteiger partial charge is 0.377 e. The van der Waals surface area contributed by atoms with Gasteiger partial charge in [-0.1, -0.05) is 24.3 Å². The van der Waals surface area contributed by atoms with Crippen LogP contribution in [-0.4, -0.2) is 18.8 Å². The predicted octanol–water partition coefficient (Wildman–Crippen LogP) is 2.23. The molecule has 1 aliphatic heterocycles. The molecule has 3 rings (SSSR count). The molecule has 2 aliphatic rings. The van der Waals surface area contributed by atoms with Crippen molar-refractivity contribution in [2.45, 2.75) is 37.8 Å². The van der Waals surface area contributed by atoms with Crippen LogP contribution in [0.25, 0.3) is 0 Å². The molecule has 1 heterocycles. The minimum Gasteiger partial charge on any atom is -0.377 e. The number of hydrogen-bond acceptors (Lipinski definition) is 2. The number of fused-ring (bicyclic) bond motifs is 2. The lowest BCUT2D eigenvalue weighted by molar-refractivity contribution is -0.0330. The molecule has 0 amide bonds. The highest BCUT2D eigenvalue weighted by Gasteiger charge is 2.45. The van der Waals surface area contributed by atoms with Crippen LogP contribution in [0.4, 0.5) is 0 Å². The summed E-state index contributed by atoms with van der Waals surface area (Å²) >= 11 is 0. The van der Waals surface area contributed by atoms with E-state index >= 15 is 0 Å². The molecule has 1 fully saturated rings. The van der Waals surface area contributed by atoms with Crippen LogP contribution in [0.5, 0.6) is 0 Å². The van der Waals surface area contributed by atoms with E-state index in [-0.39, 0.29) is 11.1 Å². The van der Waals surface area contributed by atoms with Gasteiger partial charge in [0.05, 0.1) is 18.8 Å². The Labute approximate surface area is 97.0 Å². The predicted molar refractivity (Wildman–Crippen MR) is 64.5 cm³/mol. The number of morpholine rings is 1. The van der Waals surface area contributed by atoms with E-state index in [4.69, 9.17) is 4.74 Å². The van der Waals surface area contributed by atoms with Crippen LogP contribution in [0.3, 0.4) is 0 Å². The Hall–Kier alpha value is -0.860. The van der Waals surface area contributed by atoms with Crippen LogP contribution in [0.1, 0.15) is 31.4 Å². The molecule has 16 heavy (non-hydrogen) atoms. The SMILES string of the molecule is CC1(C)COC[C@]2(CCc3ccccc32)N1. The van der Waals surface area contributed by atoms with Gasteiger partial charge in [0.25, 0.3) is 0 Å². The molecule has 0 unspecified atom stereocenters. The lowest BCUT2D eigenvalue weighted by atomic mass is 9.87. The van der Waals surface area contributed by atoms with Crippen molar-refractivity contribution in [1.82, 2.24) is 5.32 Å². The Morgan fingerprint density at radius 1 is 1.19 bits per heavy atom. The topological polar surface area (TPSA) is 21.3 Å². The molecule has 0 bridgehead atoms. The lowest BCUT2D eigenvalue weighted by Gasteiger charge is -2.44. The first-order valence-electron chi connectivity index (χ1n) is 6.07. The maximum absolute atomic E-state index is 5.82. The van der Waals surface area contributed by atoms with Gasteiger partial charge in [0.15, 0.2) is 0 Å². The third-order valence-electron chi connectivity index (χ3n) is 3.74. The molecule has 1 aromatic rings. The standard InChI is InChI=1S/C14H19NO/c1-13(2)9-16-10-14(15-13)8-7-11-5-3-4-6-12(11)14/h3-6,15H,7-10H2,1-2H3/t14-/m0/s1. The summed E-state index contributed by atoms with van der Waals surface area (Å²) in [5.41, 5.74) is 3.08. The smallest absolute Gasteiger partial charge is 0.0691 e. The lowest BCUT2D eigenvalue weighted by Crippen LogP contribution is -2.61. The van der Waals surface area contributed by atoms with E-state index in [1.54, 1.807) is 0 Å². The Bertz CT molecular complexity index is 409. The summed E-state index contributed by atoms with van der Waals surface area (Å²) in [5.74, 6) is 0. The second-order valence-corrected chi connectivity index (χ2v) is 5.74. The number of rotatable bonds is 0. The highest BCUT2D eigenvalue weighted by Crippen LogP contribution is 2.40. The number of benzene rings is 1. The van der Waals surface area contributed by atoms with E-state index in [1.807, 2.05) is 0 Å². The third-order valence-corrected chi connectivity index (χ3v) is 3.74. The summed E-state index contributed by atoms with van der Waals surface area (Å²) in [6, 6.07) is 8.76. The second-order valence-electron chi connectivity index (χ2n) is 5.74. The fourth-order valence-corrected chi connectivity index (χ4v) is 3.17. The van der Waals surface area contributed by atoms with E-state index < -0.39 is 0 Å². The van der Waals surface area contributed by atoms with Crippen LogP contribution in [0.2, 0.25) is 0 Å². The van der Waals surface area contributed by atoms with Gasteiger partial charge >= 0.3 is 0 Å². The molecule has 1 aromatic carbocycles. The van der Waals surface area contributed by atoms with E-state index in [0.717, 1.165) is 19.6 Å². The van der Waals surface area contributed by atoms with Gasteiger partial charge in [0.2, 0.25) is 0 Å². The summed E-state index contributed by atoms with van der Waals surface area (Å²) in [5, 5.41) is 3.80.